The van der Waals surface area contributed by atoms with Crippen LogP contribution >= 0.6 is 0 Å². The Bertz CT molecular complexity index is 977. The maximum Gasteiger partial charge on any atom is 0.322 e. The van der Waals surface area contributed by atoms with Crippen LogP contribution in [0.1, 0.15) is 10.4 Å². The van der Waals surface area contributed by atoms with Crippen LogP contribution in [-0.4, -0.2) is 20.3 Å². The van der Waals surface area contributed by atoms with E-state index in [4.69, 9.17) is 4.74 Å². The molecular formula is C19H14N4O2. The first-order chi connectivity index (χ1) is 12.3. The third-order valence-electron chi connectivity index (χ3n) is 3.61. The highest BCUT2D eigenvalue weighted by molar-refractivity contribution is 6.04. The first-order valence-electron chi connectivity index (χ1n) is 7.71. The molecule has 3 heterocycles. The van der Waals surface area contributed by atoms with E-state index in [1.165, 1.54) is 12.4 Å². The smallest absolute Gasteiger partial charge is 0.322 e. The molecule has 0 spiro atoms. The molecule has 4 aromatic rings. The zero-order valence-electron chi connectivity index (χ0n) is 13.2. The predicted octanol–water partition coefficient (Wildman–Crippen LogP) is 3.77. The van der Waals surface area contributed by atoms with Crippen LogP contribution in [0, 0.1) is 0 Å². The Hall–Kier alpha value is -3.67. The van der Waals surface area contributed by atoms with Crippen LogP contribution in [0.5, 0.6) is 11.8 Å². The topological polar surface area (TPSA) is 68.5 Å². The molecule has 6 heteroatoms. The van der Waals surface area contributed by atoms with Crippen LogP contribution in [0.3, 0.4) is 0 Å². The maximum atomic E-state index is 12.3. The molecule has 4 rings (SSSR count). The van der Waals surface area contributed by atoms with Gasteiger partial charge in [0.05, 0.1) is 23.6 Å². The summed E-state index contributed by atoms with van der Waals surface area (Å²) in [5.41, 5.74) is 2.02. The molecule has 1 N–H and O–H groups in total. The summed E-state index contributed by atoms with van der Waals surface area (Å²) in [6, 6.07) is 17.1. The Kier molecular flexibility index (Phi) is 3.84. The Morgan fingerprint density at radius 2 is 1.76 bits per heavy atom. The fraction of sp³-hybridized carbons (Fsp3) is 0. The summed E-state index contributed by atoms with van der Waals surface area (Å²) >= 11 is 0. The van der Waals surface area contributed by atoms with Crippen LogP contribution in [0.2, 0.25) is 0 Å². The predicted molar refractivity (Wildman–Crippen MR) is 93.9 cm³/mol. The number of nitrogens with zero attached hydrogens (tertiary/aromatic N) is 3. The van der Waals surface area contributed by atoms with Crippen molar-refractivity contribution in [3.63, 3.8) is 0 Å². The van der Waals surface area contributed by atoms with E-state index in [2.05, 4.69) is 15.3 Å². The number of benzene rings is 1. The van der Waals surface area contributed by atoms with Crippen LogP contribution in [0.15, 0.2) is 79.4 Å². The van der Waals surface area contributed by atoms with E-state index in [0.717, 1.165) is 5.52 Å². The normalized spacial score (nSPS) is 10.6. The lowest BCUT2D eigenvalue weighted by Crippen LogP contribution is -2.11. The van der Waals surface area contributed by atoms with Gasteiger partial charge in [-0.3, -0.25) is 4.79 Å². The van der Waals surface area contributed by atoms with Gasteiger partial charge in [-0.25, -0.2) is 9.97 Å². The highest BCUT2D eigenvalue weighted by Crippen LogP contribution is 2.18. The second-order valence-corrected chi connectivity index (χ2v) is 5.39. The molecule has 0 saturated carbocycles. The largest absolute Gasteiger partial charge is 0.424 e. The summed E-state index contributed by atoms with van der Waals surface area (Å²) in [6.45, 7) is 0. The molecule has 0 unspecified atom stereocenters. The van der Waals surface area contributed by atoms with Crippen LogP contribution in [-0.2, 0) is 0 Å². The number of nitrogens with one attached hydrogen (secondary N) is 1. The SMILES string of the molecule is O=C(Nc1cnc(Oc2ccccc2)nc1)c1cc2ccccn2c1. The van der Waals surface area contributed by atoms with Crippen LogP contribution in [0.4, 0.5) is 5.69 Å². The number of fused-ring (bicyclic) bond motifs is 1. The fourth-order valence-corrected chi connectivity index (χ4v) is 2.41. The minimum absolute atomic E-state index is 0.218. The molecule has 6 nitrogen and oxygen atoms in total. The lowest BCUT2D eigenvalue weighted by Gasteiger charge is -2.05. The van der Waals surface area contributed by atoms with Crippen molar-refractivity contribution in [3.05, 3.63) is 84.9 Å². The molecule has 0 saturated heterocycles. The van der Waals surface area contributed by atoms with E-state index in [-0.39, 0.29) is 11.9 Å². The van der Waals surface area contributed by atoms with Crippen molar-refractivity contribution in [2.75, 3.05) is 5.32 Å². The third-order valence-corrected chi connectivity index (χ3v) is 3.61. The van der Waals surface area contributed by atoms with Crippen LogP contribution in [0.25, 0.3) is 5.52 Å². The number of pyridine rings is 1. The van der Waals surface area contributed by atoms with Crippen molar-refractivity contribution < 1.29 is 9.53 Å². The number of carbonyl (C=O) groups excluding carboxylic acids is 1. The molecule has 0 bridgehead atoms. The first kappa shape index (κ1) is 14.9. The van der Waals surface area contributed by atoms with E-state index in [9.17, 15) is 4.79 Å². The average Bonchev–Trinajstić information content (AvgIpc) is 3.09. The number of carbonyl (C=O) groups is 1. The van der Waals surface area contributed by atoms with Gasteiger partial charge < -0.3 is 14.5 Å². The molecule has 0 aliphatic rings. The number of para-hydroxylation sites is 1. The molecule has 0 fully saturated rings. The highest BCUT2D eigenvalue weighted by Gasteiger charge is 2.10. The van der Waals surface area contributed by atoms with Gasteiger partial charge in [0, 0.05) is 17.9 Å². The van der Waals surface area contributed by atoms with Gasteiger partial charge in [0.15, 0.2) is 0 Å². The number of amides is 1. The van der Waals surface area contributed by atoms with E-state index in [0.29, 0.717) is 17.0 Å². The van der Waals surface area contributed by atoms with Crippen molar-refractivity contribution in [3.8, 4) is 11.8 Å². The zero-order chi connectivity index (χ0) is 17.1. The quantitative estimate of drug-likeness (QED) is 0.618. The Morgan fingerprint density at radius 3 is 2.52 bits per heavy atom. The summed E-state index contributed by atoms with van der Waals surface area (Å²) in [7, 11) is 0. The van der Waals surface area contributed by atoms with E-state index < -0.39 is 0 Å². The van der Waals surface area contributed by atoms with Crippen molar-refractivity contribution in [1.82, 2.24) is 14.4 Å². The summed E-state index contributed by atoms with van der Waals surface area (Å²) in [5.74, 6) is 0.434. The lowest BCUT2D eigenvalue weighted by atomic mass is 10.3. The van der Waals surface area contributed by atoms with Crippen molar-refractivity contribution in [2.45, 2.75) is 0 Å². The minimum atomic E-state index is -0.218. The van der Waals surface area contributed by atoms with Crippen molar-refractivity contribution in [2.24, 2.45) is 0 Å². The molecule has 0 aliphatic carbocycles. The maximum absolute atomic E-state index is 12.3. The zero-order valence-corrected chi connectivity index (χ0v) is 13.2. The number of hydrogen-bond acceptors (Lipinski definition) is 4. The molecule has 1 amide bonds. The van der Waals surface area contributed by atoms with Gasteiger partial charge in [0.25, 0.3) is 5.91 Å². The summed E-state index contributed by atoms with van der Waals surface area (Å²) in [6.07, 6.45) is 6.70. The third kappa shape index (κ3) is 3.32. The molecule has 122 valence electrons. The minimum Gasteiger partial charge on any atom is -0.424 e. The van der Waals surface area contributed by atoms with Gasteiger partial charge >= 0.3 is 6.01 Å². The fourth-order valence-electron chi connectivity index (χ4n) is 2.41. The van der Waals surface area contributed by atoms with E-state index >= 15 is 0 Å². The standard InChI is InChI=1S/C19H14N4O2/c24-18(14-10-16-6-4-5-9-23(16)13-14)22-15-11-20-19(21-12-15)25-17-7-2-1-3-8-17/h1-13H,(H,22,24). The molecule has 0 atom stereocenters. The Labute approximate surface area is 143 Å². The van der Waals surface area contributed by atoms with Gasteiger partial charge in [-0.1, -0.05) is 24.3 Å². The summed E-state index contributed by atoms with van der Waals surface area (Å²) in [5, 5.41) is 2.78. The highest BCUT2D eigenvalue weighted by atomic mass is 16.5. The Balaban J connectivity index is 1.46. The second kappa shape index (κ2) is 6.45. The molecular weight excluding hydrogens is 316 g/mol. The average molecular weight is 330 g/mol. The van der Waals surface area contributed by atoms with E-state index in [1.807, 2.05) is 65.2 Å². The first-order valence-corrected chi connectivity index (χ1v) is 7.71. The summed E-state index contributed by atoms with van der Waals surface area (Å²) < 4.78 is 7.42. The number of rotatable bonds is 4. The Morgan fingerprint density at radius 1 is 1.00 bits per heavy atom. The molecule has 25 heavy (non-hydrogen) atoms. The second-order valence-electron chi connectivity index (χ2n) is 5.39. The van der Waals surface area contributed by atoms with Crippen molar-refractivity contribution >= 4 is 17.1 Å². The van der Waals surface area contributed by atoms with E-state index in [1.54, 1.807) is 6.20 Å². The molecule has 0 aliphatic heterocycles. The lowest BCUT2D eigenvalue weighted by molar-refractivity contribution is 0.102. The number of aromatic nitrogens is 3. The van der Waals surface area contributed by atoms with Gasteiger partial charge in [-0.05, 0) is 30.3 Å². The summed E-state index contributed by atoms with van der Waals surface area (Å²) in [4.78, 5) is 20.6. The number of ether oxygens (including phenoxy) is 1. The number of anilines is 1. The molecule has 3 aromatic heterocycles. The van der Waals surface area contributed by atoms with Gasteiger partial charge in [0.2, 0.25) is 0 Å². The molecule has 0 radical (unpaired) electrons. The van der Waals surface area contributed by atoms with Crippen LogP contribution < -0.4 is 10.1 Å². The monoisotopic (exact) mass is 330 g/mol. The van der Waals surface area contributed by atoms with Gasteiger partial charge in [0.1, 0.15) is 5.75 Å². The number of hydrogen-bond donors (Lipinski definition) is 1. The van der Waals surface area contributed by atoms with Gasteiger partial charge in [-0.15, -0.1) is 0 Å². The molecule has 1 aromatic carbocycles. The van der Waals surface area contributed by atoms with Crippen molar-refractivity contribution in [1.29, 1.82) is 0 Å². The van der Waals surface area contributed by atoms with Gasteiger partial charge in [-0.2, -0.15) is 0 Å².